The molecule has 0 aliphatic heterocycles. The van der Waals surface area contributed by atoms with E-state index in [9.17, 15) is 4.79 Å². The Hall–Kier alpha value is -1.34. The van der Waals surface area contributed by atoms with Gasteiger partial charge >= 0.3 is 0 Å². The summed E-state index contributed by atoms with van der Waals surface area (Å²) in [5.74, 6) is 0.362. The predicted molar refractivity (Wildman–Crippen MR) is 109 cm³/mol. The van der Waals surface area contributed by atoms with Gasteiger partial charge in [0.15, 0.2) is 5.11 Å². The second kappa shape index (κ2) is 9.38. The van der Waals surface area contributed by atoms with E-state index in [-0.39, 0.29) is 11.0 Å². The summed E-state index contributed by atoms with van der Waals surface area (Å²) >= 11 is 20.5. The minimum atomic E-state index is -0.316. The fourth-order valence-corrected chi connectivity index (χ4v) is 3.11. The third-order valence-electron chi connectivity index (χ3n) is 3.18. The van der Waals surface area contributed by atoms with E-state index in [4.69, 9.17) is 40.2 Å². The predicted octanol–water partition coefficient (Wildman–Crippen LogP) is 4.96. The van der Waals surface area contributed by atoms with Gasteiger partial charge in [-0.25, -0.2) is 0 Å². The van der Waals surface area contributed by atoms with Crippen molar-refractivity contribution in [2.45, 2.75) is 13.5 Å². The largest absolute Gasteiger partial charge is 0.493 e. The first-order chi connectivity index (χ1) is 11.9. The molecule has 4 nitrogen and oxygen atoms in total. The van der Waals surface area contributed by atoms with Gasteiger partial charge < -0.3 is 10.1 Å². The van der Waals surface area contributed by atoms with Gasteiger partial charge in [0.2, 0.25) is 0 Å². The zero-order chi connectivity index (χ0) is 18.4. The fourth-order valence-electron chi connectivity index (χ4n) is 1.97. The van der Waals surface area contributed by atoms with Crippen LogP contribution in [0.3, 0.4) is 0 Å². The Balaban J connectivity index is 1.93. The maximum Gasteiger partial charge on any atom is 0.257 e. The van der Waals surface area contributed by atoms with Gasteiger partial charge in [0.1, 0.15) is 5.75 Å². The number of thiocarbonyl (C=S) groups is 1. The molecule has 0 fully saturated rings. The van der Waals surface area contributed by atoms with E-state index in [0.717, 1.165) is 5.56 Å². The van der Waals surface area contributed by atoms with Gasteiger partial charge in [-0.2, -0.15) is 0 Å². The second-order valence-corrected chi connectivity index (χ2v) is 7.06. The Bertz CT molecular complexity index is 802. The lowest BCUT2D eigenvalue weighted by Gasteiger charge is -2.12. The van der Waals surface area contributed by atoms with Crippen LogP contribution in [-0.2, 0) is 6.54 Å². The Morgan fingerprint density at radius 2 is 2.00 bits per heavy atom. The van der Waals surface area contributed by atoms with Crippen LogP contribution in [0.15, 0.2) is 40.9 Å². The average molecular weight is 462 g/mol. The van der Waals surface area contributed by atoms with Crippen LogP contribution < -0.4 is 15.4 Å². The average Bonchev–Trinajstić information content (AvgIpc) is 2.56. The molecule has 2 aromatic carbocycles. The quantitative estimate of drug-likeness (QED) is 0.618. The van der Waals surface area contributed by atoms with Crippen LogP contribution >= 0.6 is 51.3 Å². The number of ether oxygens (including phenoxy) is 1. The van der Waals surface area contributed by atoms with Crippen LogP contribution in [0.4, 0.5) is 0 Å². The molecule has 1 amide bonds. The van der Waals surface area contributed by atoms with Crippen molar-refractivity contribution in [3.8, 4) is 5.75 Å². The molecular weight excluding hydrogens is 447 g/mol. The van der Waals surface area contributed by atoms with Crippen molar-refractivity contribution in [3.05, 3.63) is 62.0 Å². The highest BCUT2D eigenvalue weighted by Gasteiger charge is 2.11. The van der Waals surface area contributed by atoms with Crippen LogP contribution in [0, 0.1) is 0 Å². The molecule has 0 radical (unpaired) electrons. The van der Waals surface area contributed by atoms with E-state index in [0.29, 0.717) is 39.0 Å². The maximum atomic E-state index is 12.3. The standard InChI is InChI=1S/C17H15BrCl2N2O2S/c1-2-24-15-6-4-10(7-13(15)18)16(23)22-17(25)21-9-11-3-5-12(19)8-14(11)20/h3-8H,2,9H2,1H3,(H2,21,22,23,25). The first kappa shape index (κ1) is 20.0. The monoisotopic (exact) mass is 460 g/mol. The lowest BCUT2D eigenvalue weighted by atomic mass is 10.2. The van der Waals surface area contributed by atoms with Crippen molar-refractivity contribution in [2.24, 2.45) is 0 Å². The zero-order valence-corrected chi connectivity index (χ0v) is 17.2. The summed E-state index contributed by atoms with van der Waals surface area (Å²) in [7, 11) is 0. The molecule has 2 rings (SSSR count). The number of rotatable bonds is 5. The van der Waals surface area contributed by atoms with Crippen molar-refractivity contribution in [2.75, 3.05) is 6.61 Å². The van der Waals surface area contributed by atoms with E-state index in [1.54, 1.807) is 36.4 Å². The highest BCUT2D eigenvalue weighted by Crippen LogP contribution is 2.26. The van der Waals surface area contributed by atoms with E-state index in [1.165, 1.54) is 0 Å². The molecular formula is C17H15BrCl2N2O2S. The first-order valence-electron chi connectivity index (χ1n) is 7.36. The van der Waals surface area contributed by atoms with Crippen LogP contribution in [0.25, 0.3) is 0 Å². The molecule has 0 atom stereocenters. The molecule has 0 bridgehead atoms. The third-order valence-corrected chi connectivity index (χ3v) is 4.63. The van der Waals surface area contributed by atoms with Crippen LogP contribution in [0.2, 0.25) is 10.0 Å². The van der Waals surface area contributed by atoms with Gasteiger partial charge in [-0.3, -0.25) is 10.1 Å². The molecule has 0 unspecified atom stereocenters. The Labute approximate surface area is 170 Å². The highest BCUT2D eigenvalue weighted by molar-refractivity contribution is 9.10. The van der Waals surface area contributed by atoms with Crippen molar-refractivity contribution in [1.29, 1.82) is 0 Å². The van der Waals surface area contributed by atoms with Crippen molar-refractivity contribution in [1.82, 2.24) is 10.6 Å². The Morgan fingerprint density at radius 1 is 1.24 bits per heavy atom. The Morgan fingerprint density at radius 3 is 2.64 bits per heavy atom. The number of benzene rings is 2. The molecule has 25 heavy (non-hydrogen) atoms. The van der Waals surface area contributed by atoms with Crippen LogP contribution in [0.5, 0.6) is 5.75 Å². The number of hydrogen-bond acceptors (Lipinski definition) is 3. The second-order valence-electron chi connectivity index (χ2n) is 4.95. The minimum Gasteiger partial charge on any atom is -0.493 e. The molecule has 8 heteroatoms. The first-order valence-corrected chi connectivity index (χ1v) is 9.32. The smallest absolute Gasteiger partial charge is 0.257 e. The van der Waals surface area contributed by atoms with E-state index < -0.39 is 0 Å². The van der Waals surface area contributed by atoms with Crippen molar-refractivity contribution in [3.63, 3.8) is 0 Å². The summed E-state index contributed by atoms with van der Waals surface area (Å²) < 4.78 is 6.12. The van der Waals surface area contributed by atoms with Crippen molar-refractivity contribution < 1.29 is 9.53 Å². The van der Waals surface area contributed by atoms with Crippen molar-refractivity contribution >= 4 is 62.4 Å². The summed E-state index contributed by atoms with van der Waals surface area (Å²) in [6.07, 6.45) is 0. The van der Waals surface area contributed by atoms with E-state index >= 15 is 0 Å². The minimum absolute atomic E-state index is 0.209. The van der Waals surface area contributed by atoms with Gasteiger partial charge in [0.05, 0.1) is 11.1 Å². The molecule has 0 aliphatic rings. The van der Waals surface area contributed by atoms with Gasteiger partial charge in [0, 0.05) is 22.2 Å². The number of carbonyl (C=O) groups is 1. The number of amides is 1. The van der Waals surface area contributed by atoms with E-state index in [2.05, 4.69) is 26.6 Å². The molecule has 0 saturated carbocycles. The number of carbonyl (C=O) groups excluding carboxylic acids is 1. The molecule has 0 saturated heterocycles. The summed E-state index contributed by atoms with van der Waals surface area (Å²) in [6.45, 7) is 2.82. The topological polar surface area (TPSA) is 50.4 Å². The van der Waals surface area contributed by atoms with Gasteiger partial charge in [-0.05, 0) is 71.0 Å². The zero-order valence-electron chi connectivity index (χ0n) is 13.2. The van der Waals surface area contributed by atoms with Gasteiger partial charge in [-0.1, -0.05) is 29.3 Å². The molecule has 2 N–H and O–H groups in total. The number of halogens is 3. The molecule has 0 aliphatic carbocycles. The lowest BCUT2D eigenvalue weighted by molar-refractivity contribution is 0.0976. The lowest BCUT2D eigenvalue weighted by Crippen LogP contribution is -2.38. The summed E-state index contributed by atoms with van der Waals surface area (Å²) in [5.41, 5.74) is 1.29. The SMILES string of the molecule is CCOc1ccc(C(=O)NC(=S)NCc2ccc(Cl)cc2Cl)cc1Br. The molecule has 2 aromatic rings. The van der Waals surface area contributed by atoms with Gasteiger partial charge in [-0.15, -0.1) is 0 Å². The van der Waals surface area contributed by atoms with Gasteiger partial charge in [0.25, 0.3) is 5.91 Å². The molecule has 0 aromatic heterocycles. The third kappa shape index (κ3) is 5.85. The number of hydrogen-bond donors (Lipinski definition) is 2. The number of nitrogens with one attached hydrogen (secondary N) is 2. The van der Waals surface area contributed by atoms with E-state index in [1.807, 2.05) is 6.92 Å². The van der Waals surface area contributed by atoms with Crippen LogP contribution in [-0.4, -0.2) is 17.6 Å². The Kier molecular flexibility index (Phi) is 7.50. The molecule has 0 heterocycles. The molecule has 0 spiro atoms. The van der Waals surface area contributed by atoms with Crippen LogP contribution in [0.1, 0.15) is 22.8 Å². The summed E-state index contributed by atoms with van der Waals surface area (Å²) in [4.78, 5) is 12.3. The summed E-state index contributed by atoms with van der Waals surface area (Å²) in [6, 6.07) is 10.3. The maximum absolute atomic E-state index is 12.3. The molecule has 132 valence electrons. The fraction of sp³-hybridized carbons (Fsp3) is 0.176. The normalized spacial score (nSPS) is 10.2. The summed E-state index contributed by atoms with van der Waals surface area (Å²) in [5, 5.41) is 6.87. The highest BCUT2D eigenvalue weighted by atomic mass is 79.9.